The van der Waals surface area contributed by atoms with Crippen LogP contribution in [0, 0.1) is 12.8 Å². The van der Waals surface area contributed by atoms with Crippen LogP contribution in [0.15, 0.2) is 18.2 Å². The topological polar surface area (TPSA) is 75.1 Å². The van der Waals surface area contributed by atoms with Crippen LogP contribution in [-0.4, -0.2) is 55.2 Å². The number of rotatable bonds is 4. The molecular weight excluding hydrogens is 308 g/mol. The van der Waals surface area contributed by atoms with Gasteiger partial charge in [0.15, 0.2) is 0 Å². The predicted octanol–water partition coefficient (Wildman–Crippen LogP) is 1.74. The van der Waals surface area contributed by atoms with Crippen molar-refractivity contribution in [3.05, 3.63) is 23.8 Å². The van der Waals surface area contributed by atoms with Gasteiger partial charge < -0.3 is 24.6 Å². The second kappa shape index (κ2) is 6.83. The zero-order valence-corrected chi connectivity index (χ0v) is 14.3. The summed E-state index contributed by atoms with van der Waals surface area (Å²) in [4.78, 5) is 6.83. The highest BCUT2D eigenvalue weighted by molar-refractivity contribution is 5.90. The molecule has 0 amide bonds. The van der Waals surface area contributed by atoms with E-state index in [0.29, 0.717) is 12.3 Å². The Bertz CT molecular complexity index is 735. The lowest BCUT2D eigenvalue weighted by molar-refractivity contribution is 0.0546. The van der Waals surface area contributed by atoms with Crippen molar-refractivity contribution in [2.75, 3.05) is 38.8 Å². The van der Waals surface area contributed by atoms with Crippen LogP contribution in [0.1, 0.15) is 12.0 Å². The van der Waals surface area contributed by atoms with Crippen LogP contribution in [0.3, 0.4) is 0 Å². The number of anilines is 1. The van der Waals surface area contributed by atoms with Crippen molar-refractivity contribution in [2.45, 2.75) is 19.4 Å². The normalized spacial score (nSPS) is 21.1. The molecule has 2 heterocycles. The lowest BCUT2D eigenvalue weighted by Crippen LogP contribution is -2.45. The van der Waals surface area contributed by atoms with Crippen LogP contribution in [-0.2, 0) is 0 Å². The van der Waals surface area contributed by atoms with E-state index in [1.165, 1.54) is 0 Å². The van der Waals surface area contributed by atoms with Gasteiger partial charge in [-0.05, 0) is 31.0 Å². The Morgan fingerprint density at radius 1 is 1.25 bits per heavy atom. The van der Waals surface area contributed by atoms with Crippen molar-refractivity contribution in [1.29, 1.82) is 0 Å². The molecule has 1 aliphatic rings. The van der Waals surface area contributed by atoms with E-state index in [1.807, 2.05) is 25.1 Å². The average Bonchev–Trinajstić information content (AvgIpc) is 2.60. The number of aryl methyl sites for hydroxylation is 1. The number of ether oxygens (including phenoxy) is 2. The lowest BCUT2D eigenvalue weighted by atomic mass is 9.94. The maximum absolute atomic E-state index is 10.2. The molecule has 1 aliphatic heterocycles. The van der Waals surface area contributed by atoms with Gasteiger partial charge in [0, 0.05) is 37.1 Å². The number of β-amino-alcohol motifs (C(OH)–C–C–N with tert-alkyl or cyclic N) is 1. The first kappa shape index (κ1) is 16.8. The fraction of sp³-hybridized carbons (Fsp3) is 0.500. The number of aliphatic hydroxyl groups excluding tert-OH is 2. The molecule has 2 aromatic rings. The van der Waals surface area contributed by atoms with Crippen LogP contribution >= 0.6 is 0 Å². The van der Waals surface area contributed by atoms with E-state index in [-0.39, 0.29) is 12.5 Å². The van der Waals surface area contributed by atoms with Gasteiger partial charge in [0.2, 0.25) is 0 Å². The number of piperidine rings is 1. The van der Waals surface area contributed by atoms with Crippen LogP contribution in [0.5, 0.6) is 11.5 Å². The molecule has 1 fully saturated rings. The first-order valence-corrected chi connectivity index (χ1v) is 8.14. The Hall–Kier alpha value is -2.05. The number of hydrogen-bond donors (Lipinski definition) is 2. The van der Waals surface area contributed by atoms with Crippen LogP contribution in [0.4, 0.5) is 5.82 Å². The SMILES string of the molecule is COc1cc(OC)c2nc(N3CC[C@H](CO)[C@@H](O)C3)cc(C)c2c1. The molecule has 2 N–H and O–H groups in total. The van der Waals surface area contributed by atoms with Gasteiger partial charge in [0.05, 0.1) is 20.3 Å². The van der Waals surface area contributed by atoms with Crippen molar-refractivity contribution in [1.82, 2.24) is 4.98 Å². The van der Waals surface area contributed by atoms with Gasteiger partial charge >= 0.3 is 0 Å². The molecule has 0 radical (unpaired) electrons. The van der Waals surface area contributed by atoms with Crippen molar-refractivity contribution in [3.8, 4) is 11.5 Å². The van der Waals surface area contributed by atoms with Gasteiger partial charge in [-0.25, -0.2) is 4.98 Å². The fourth-order valence-electron chi connectivity index (χ4n) is 3.25. The Balaban J connectivity index is 2.01. The molecular formula is C18H24N2O4. The quantitative estimate of drug-likeness (QED) is 0.888. The number of pyridine rings is 1. The number of aliphatic hydroxyl groups is 2. The summed E-state index contributed by atoms with van der Waals surface area (Å²) in [5.41, 5.74) is 1.86. The van der Waals surface area contributed by atoms with E-state index in [9.17, 15) is 10.2 Å². The maximum Gasteiger partial charge on any atom is 0.148 e. The number of hydrogen-bond acceptors (Lipinski definition) is 6. The molecule has 0 saturated carbocycles. The molecule has 130 valence electrons. The van der Waals surface area contributed by atoms with Crippen molar-refractivity contribution in [2.24, 2.45) is 5.92 Å². The van der Waals surface area contributed by atoms with Gasteiger partial charge in [0.1, 0.15) is 22.8 Å². The van der Waals surface area contributed by atoms with Gasteiger partial charge in [-0.2, -0.15) is 0 Å². The molecule has 0 bridgehead atoms. The first-order valence-electron chi connectivity index (χ1n) is 8.14. The van der Waals surface area contributed by atoms with Crippen molar-refractivity contribution in [3.63, 3.8) is 0 Å². The Morgan fingerprint density at radius 2 is 2.04 bits per heavy atom. The van der Waals surface area contributed by atoms with E-state index in [1.54, 1.807) is 14.2 Å². The minimum Gasteiger partial charge on any atom is -0.497 e. The summed E-state index contributed by atoms with van der Waals surface area (Å²) >= 11 is 0. The van der Waals surface area contributed by atoms with Gasteiger partial charge in [-0.1, -0.05) is 0 Å². The van der Waals surface area contributed by atoms with Gasteiger partial charge in [-0.15, -0.1) is 0 Å². The Labute approximate surface area is 141 Å². The fourth-order valence-corrected chi connectivity index (χ4v) is 3.25. The molecule has 1 saturated heterocycles. The molecule has 6 heteroatoms. The minimum absolute atomic E-state index is 0.0206. The number of nitrogens with zero attached hydrogens (tertiary/aromatic N) is 2. The summed E-state index contributed by atoms with van der Waals surface area (Å²) in [6.07, 6.45) is 0.204. The van der Waals surface area contributed by atoms with Crippen LogP contribution in [0.2, 0.25) is 0 Å². The van der Waals surface area contributed by atoms with Crippen LogP contribution < -0.4 is 14.4 Å². The third-order valence-corrected chi connectivity index (χ3v) is 4.78. The number of fused-ring (bicyclic) bond motifs is 1. The number of aromatic nitrogens is 1. The van der Waals surface area contributed by atoms with Crippen molar-refractivity contribution >= 4 is 16.7 Å². The highest BCUT2D eigenvalue weighted by Gasteiger charge is 2.28. The zero-order chi connectivity index (χ0) is 17.3. The standard InChI is InChI=1S/C18H24N2O4/c1-11-6-17(20-5-4-12(10-21)15(22)9-20)19-18-14(11)7-13(23-2)8-16(18)24-3/h6-8,12,15,21-22H,4-5,9-10H2,1-3H3/t12-,15+/m1/s1. The Morgan fingerprint density at radius 3 is 2.67 bits per heavy atom. The average molecular weight is 332 g/mol. The highest BCUT2D eigenvalue weighted by atomic mass is 16.5. The monoisotopic (exact) mass is 332 g/mol. The summed E-state index contributed by atoms with van der Waals surface area (Å²) in [5.74, 6) is 2.16. The predicted molar refractivity (Wildman–Crippen MR) is 93.0 cm³/mol. The first-order chi connectivity index (χ1) is 11.6. The molecule has 0 unspecified atom stereocenters. The van der Waals surface area contributed by atoms with E-state index in [4.69, 9.17) is 14.5 Å². The van der Waals surface area contributed by atoms with E-state index in [2.05, 4.69) is 4.90 Å². The smallest absolute Gasteiger partial charge is 0.148 e. The van der Waals surface area contributed by atoms with Gasteiger partial charge in [-0.3, -0.25) is 0 Å². The second-order valence-electron chi connectivity index (χ2n) is 6.27. The summed E-state index contributed by atoms with van der Waals surface area (Å²) in [5, 5.41) is 20.5. The molecule has 6 nitrogen and oxygen atoms in total. The number of benzene rings is 1. The van der Waals surface area contributed by atoms with Crippen molar-refractivity contribution < 1.29 is 19.7 Å². The van der Waals surface area contributed by atoms with E-state index in [0.717, 1.165) is 41.0 Å². The highest BCUT2D eigenvalue weighted by Crippen LogP contribution is 2.34. The summed E-state index contributed by atoms with van der Waals surface area (Å²) in [6, 6.07) is 5.80. The summed E-state index contributed by atoms with van der Waals surface area (Å²) < 4.78 is 10.8. The molecule has 24 heavy (non-hydrogen) atoms. The molecule has 3 rings (SSSR count). The second-order valence-corrected chi connectivity index (χ2v) is 6.27. The summed E-state index contributed by atoms with van der Waals surface area (Å²) in [6.45, 7) is 3.29. The Kier molecular flexibility index (Phi) is 4.78. The largest absolute Gasteiger partial charge is 0.497 e. The van der Waals surface area contributed by atoms with E-state index >= 15 is 0 Å². The third kappa shape index (κ3) is 2.99. The maximum atomic E-state index is 10.2. The minimum atomic E-state index is -0.542. The molecule has 1 aromatic heterocycles. The molecule has 0 aliphatic carbocycles. The lowest BCUT2D eigenvalue weighted by Gasteiger charge is -2.36. The van der Waals surface area contributed by atoms with Gasteiger partial charge in [0.25, 0.3) is 0 Å². The molecule has 1 aromatic carbocycles. The zero-order valence-electron chi connectivity index (χ0n) is 14.3. The number of methoxy groups -OCH3 is 2. The summed E-state index contributed by atoms with van der Waals surface area (Å²) in [7, 11) is 3.25. The van der Waals surface area contributed by atoms with E-state index < -0.39 is 6.10 Å². The molecule has 2 atom stereocenters. The third-order valence-electron chi connectivity index (χ3n) is 4.78. The van der Waals surface area contributed by atoms with Crippen LogP contribution in [0.25, 0.3) is 10.9 Å². The molecule has 0 spiro atoms.